The van der Waals surface area contributed by atoms with Crippen LogP contribution in [0.5, 0.6) is 0 Å². The van der Waals surface area contributed by atoms with Crippen LogP contribution in [0, 0.1) is 0 Å². The molecule has 0 saturated heterocycles. The van der Waals surface area contributed by atoms with E-state index in [9.17, 15) is 0 Å². The van der Waals surface area contributed by atoms with Gasteiger partial charge in [0.2, 0.25) is 0 Å². The summed E-state index contributed by atoms with van der Waals surface area (Å²) in [6, 6.07) is 17.1. The van der Waals surface area contributed by atoms with Crippen LogP contribution in [0.15, 0.2) is 48.5 Å². The molecule has 0 amide bonds. The Kier molecular flexibility index (Phi) is 3.67. The molecule has 0 fully saturated rings. The summed E-state index contributed by atoms with van der Waals surface area (Å²) in [6.45, 7) is 0. The Bertz CT molecular complexity index is 665. The van der Waals surface area contributed by atoms with Crippen LogP contribution in [0.3, 0.4) is 0 Å². The van der Waals surface area contributed by atoms with Gasteiger partial charge in [0.05, 0.1) is 11.4 Å². The largest absolute Gasteiger partial charge is 0.378 e. The minimum absolute atomic E-state index is 1.14. The molecule has 0 aliphatic heterocycles. The molecule has 2 N–H and O–H groups in total. The number of hydrogen-bond acceptors (Lipinski definition) is 2. The van der Waals surface area contributed by atoms with Crippen LogP contribution in [0.2, 0.25) is 0 Å². The lowest BCUT2D eigenvalue weighted by atomic mass is 10.0. The molecule has 0 radical (unpaired) electrons. The molecule has 0 bridgehead atoms. The predicted octanol–water partition coefficient (Wildman–Crippen LogP) is 3.81. The van der Waals surface area contributed by atoms with Crippen molar-refractivity contribution in [2.45, 2.75) is 0 Å². The third kappa shape index (κ3) is 2.60. The van der Waals surface area contributed by atoms with Crippen molar-refractivity contribution < 1.29 is 0 Å². The summed E-state index contributed by atoms with van der Waals surface area (Å²) in [6.07, 6.45) is 0. The number of aromatic amines is 2. The van der Waals surface area contributed by atoms with Gasteiger partial charge in [-0.2, -0.15) is 0 Å². The van der Waals surface area contributed by atoms with Crippen molar-refractivity contribution in [1.82, 2.24) is 10.2 Å². The third-order valence-electron chi connectivity index (χ3n) is 3.91. The fourth-order valence-corrected chi connectivity index (χ4v) is 2.47. The molecule has 0 atom stereocenters. The van der Waals surface area contributed by atoms with Crippen molar-refractivity contribution in [3.63, 3.8) is 0 Å². The highest BCUT2D eigenvalue weighted by Gasteiger charge is 2.12. The van der Waals surface area contributed by atoms with Gasteiger partial charge in [-0.05, 0) is 24.3 Å². The number of hydrogen-bond donors (Lipinski definition) is 2. The van der Waals surface area contributed by atoms with Crippen molar-refractivity contribution in [3.8, 4) is 22.5 Å². The zero-order chi connectivity index (χ0) is 15.7. The lowest BCUT2D eigenvalue weighted by Gasteiger charge is -2.18. The monoisotopic (exact) mass is 294 g/mol. The van der Waals surface area contributed by atoms with E-state index in [0.717, 1.165) is 11.4 Å². The first-order chi connectivity index (χ1) is 10.6. The number of anilines is 2. The SMILES string of the molecule is CN(C)c1ccc(-c2[nH][nH]c2-c2ccc(N(C)C)cc2)cc1. The smallest absolute Gasteiger partial charge is 0.0867 e. The van der Waals surface area contributed by atoms with Gasteiger partial charge in [-0.25, -0.2) is 0 Å². The second kappa shape index (κ2) is 5.64. The molecule has 1 heterocycles. The quantitative estimate of drug-likeness (QED) is 0.768. The summed E-state index contributed by atoms with van der Waals surface area (Å²) in [5.74, 6) is 0. The van der Waals surface area contributed by atoms with Crippen molar-refractivity contribution in [1.29, 1.82) is 0 Å². The van der Waals surface area contributed by atoms with Crippen LogP contribution in [0.1, 0.15) is 0 Å². The molecule has 0 aliphatic carbocycles. The van der Waals surface area contributed by atoms with E-state index in [2.05, 4.69) is 96.7 Å². The minimum Gasteiger partial charge on any atom is -0.378 e. The molecule has 22 heavy (non-hydrogen) atoms. The van der Waals surface area contributed by atoms with Gasteiger partial charge in [0.15, 0.2) is 0 Å². The fraction of sp³-hybridized carbons (Fsp3) is 0.222. The number of rotatable bonds is 4. The normalized spacial score (nSPS) is 10.7. The molecule has 0 aliphatic rings. The topological polar surface area (TPSA) is 38.1 Å². The molecule has 1 aromatic heterocycles. The van der Waals surface area contributed by atoms with Crippen LogP contribution in [-0.4, -0.2) is 38.4 Å². The van der Waals surface area contributed by atoms with Gasteiger partial charge >= 0.3 is 0 Å². The second-order valence-corrected chi connectivity index (χ2v) is 5.88. The van der Waals surface area contributed by atoms with Gasteiger partial charge in [-0.1, -0.05) is 24.3 Å². The average Bonchev–Trinajstić information content (AvgIpc) is 2.47. The van der Waals surface area contributed by atoms with E-state index < -0.39 is 0 Å². The fourth-order valence-electron chi connectivity index (χ4n) is 2.47. The maximum atomic E-state index is 3.20. The molecule has 3 aromatic rings. The summed E-state index contributed by atoms with van der Waals surface area (Å²) < 4.78 is 0. The molecule has 4 nitrogen and oxygen atoms in total. The standard InChI is InChI=1S/C18H22N4/c1-21(2)15-9-5-13(6-10-15)17-18(20-19-17)14-7-11-16(12-8-14)22(3)4/h5-12,19-20H,1-4H3. The van der Waals surface area contributed by atoms with Crippen LogP contribution >= 0.6 is 0 Å². The molecular formula is C18H22N4. The Balaban J connectivity index is 1.87. The Hall–Kier alpha value is -2.62. The lowest BCUT2D eigenvalue weighted by Crippen LogP contribution is -2.08. The minimum atomic E-state index is 1.14. The summed E-state index contributed by atoms with van der Waals surface area (Å²) in [5, 5.41) is 6.40. The van der Waals surface area contributed by atoms with E-state index in [-0.39, 0.29) is 0 Å². The highest BCUT2D eigenvalue weighted by Crippen LogP contribution is 2.32. The van der Waals surface area contributed by atoms with E-state index in [4.69, 9.17) is 0 Å². The Labute approximate surface area is 131 Å². The highest BCUT2D eigenvalue weighted by atomic mass is 15.2. The van der Waals surface area contributed by atoms with Crippen LogP contribution in [0.25, 0.3) is 22.5 Å². The van der Waals surface area contributed by atoms with Crippen molar-refractivity contribution in [3.05, 3.63) is 48.5 Å². The number of aromatic nitrogens is 2. The van der Waals surface area contributed by atoms with Gasteiger partial charge in [-0.15, -0.1) is 0 Å². The predicted molar refractivity (Wildman–Crippen MR) is 94.7 cm³/mol. The van der Waals surface area contributed by atoms with Crippen molar-refractivity contribution in [2.75, 3.05) is 38.0 Å². The lowest BCUT2D eigenvalue weighted by molar-refractivity contribution is 0.984. The summed E-state index contributed by atoms with van der Waals surface area (Å²) in [7, 11) is 8.20. The van der Waals surface area contributed by atoms with Gasteiger partial charge in [0.25, 0.3) is 0 Å². The van der Waals surface area contributed by atoms with Crippen LogP contribution < -0.4 is 9.80 Å². The van der Waals surface area contributed by atoms with Gasteiger partial charge in [0.1, 0.15) is 0 Å². The molecule has 4 heteroatoms. The van der Waals surface area contributed by atoms with Crippen molar-refractivity contribution in [2.24, 2.45) is 0 Å². The van der Waals surface area contributed by atoms with E-state index in [1.54, 1.807) is 0 Å². The molecule has 0 saturated carbocycles. The third-order valence-corrected chi connectivity index (χ3v) is 3.91. The maximum Gasteiger partial charge on any atom is 0.0867 e. The molecule has 2 aromatic carbocycles. The number of nitrogens with one attached hydrogen (secondary N) is 2. The van der Waals surface area contributed by atoms with Crippen molar-refractivity contribution >= 4 is 11.4 Å². The molecular weight excluding hydrogens is 272 g/mol. The first-order valence-corrected chi connectivity index (χ1v) is 7.38. The van der Waals surface area contributed by atoms with E-state index >= 15 is 0 Å². The second-order valence-electron chi connectivity index (χ2n) is 5.88. The molecule has 0 spiro atoms. The van der Waals surface area contributed by atoms with Gasteiger partial charge in [0, 0.05) is 50.7 Å². The summed E-state index contributed by atoms with van der Waals surface area (Å²) >= 11 is 0. The molecule has 0 unspecified atom stereocenters. The molecule has 114 valence electrons. The highest BCUT2D eigenvalue weighted by molar-refractivity contribution is 5.80. The Morgan fingerprint density at radius 1 is 0.545 bits per heavy atom. The summed E-state index contributed by atoms with van der Waals surface area (Å²) in [5.41, 5.74) is 7.07. The Morgan fingerprint density at radius 2 is 0.864 bits per heavy atom. The first-order valence-electron chi connectivity index (χ1n) is 7.38. The zero-order valence-corrected chi connectivity index (χ0v) is 13.5. The van der Waals surface area contributed by atoms with E-state index in [1.807, 2.05) is 0 Å². The van der Waals surface area contributed by atoms with Crippen LogP contribution in [-0.2, 0) is 0 Å². The van der Waals surface area contributed by atoms with Gasteiger partial charge in [-0.3, -0.25) is 10.2 Å². The van der Waals surface area contributed by atoms with Crippen LogP contribution in [0.4, 0.5) is 11.4 Å². The number of benzene rings is 2. The van der Waals surface area contributed by atoms with E-state index in [1.165, 1.54) is 22.5 Å². The zero-order valence-electron chi connectivity index (χ0n) is 13.5. The number of nitrogens with zero attached hydrogens (tertiary/aromatic N) is 2. The summed E-state index contributed by atoms with van der Waals surface area (Å²) in [4.78, 5) is 4.21. The maximum absolute atomic E-state index is 3.20. The number of H-pyrrole nitrogens is 2. The average molecular weight is 294 g/mol. The molecule has 3 rings (SSSR count). The first kappa shape index (κ1) is 14.3. The van der Waals surface area contributed by atoms with Gasteiger partial charge < -0.3 is 9.80 Å². The Morgan fingerprint density at radius 3 is 1.09 bits per heavy atom. The van der Waals surface area contributed by atoms with E-state index in [0.29, 0.717) is 0 Å².